The highest BCUT2D eigenvalue weighted by Crippen LogP contribution is 2.17. The van der Waals surface area contributed by atoms with Crippen molar-refractivity contribution in [2.24, 2.45) is 5.73 Å². The molecule has 0 saturated heterocycles. The summed E-state index contributed by atoms with van der Waals surface area (Å²) in [5.41, 5.74) is 6.91. The molecule has 0 unspecified atom stereocenters. The Bertz CT molecular complexity index is 562. The number of methoxy groups -OCH3 is 1. The van der Waals surface area contributed by atoms with E-state index in [2.05, 4.69) is 4.74 Å². The molecule has 1 heterocycles. The maximum absolute atomic E-state index is 11.5. The topological polar surface area (TPSA) is 74.7 Å². The minimum absolute atomic E-state index is 0.158. The van der Waals surface area contributed by atoms with Crippen LogP contribution >= 0.6 is 0 Å². The van der Waals surface area contributed by atoms with Crippen LogP contribution in [-0.2, 0) is 17.9 Å². The van der Waals surface area contributed by atoms with Crippen molar-refractivity contribution in [2.75, 3.05) is 7.11 Å². The molecule has 0 radical (unpaired) electrons. The van der Waals surface area contributed by atoms with Crippen LogP contribution < -0.4 is 10.5 Å². The Morgan fingerprint density at radius 1 is 1.37 bits per heavy atom. The average Bonchev–Trinajstić information content (AvgIpc) is 2.93. The molecule has 0 amide bonds. The number of nitrogens with two attached hydrogens (primary N) is 1. The zero-order valence-electron chi connectivity index (χ0n) is 10.6. The van der Waals surface area contributed by atoms with Crippen molar-refractivity contribution in [2.45, 2.75) is 13.2 Å². The van der Waals surface area contributed by atoms with Crippen molar-refractivity contribution in [3.8, 4) is 5.75 Å². The summed E-state index contributed by atoms with van der Waals surface area (Å²) < 4.78 is 15.4. The molecule has 0 bridgehead atoms. The fourth-order valence-corrected chi connectivity index (χ4v) is 1.66. The Morgan fingerprint density at radius 3 is 2.95 bits per heavy atom. The van der Waals surface area contributed by atoms with Crippen LogP contribution in [0, 0.1) is 0 Å². The minimum Gasteiger partial charge on any atom is -0.486 e. The summed E-state index contributed by atoms with van der Waals surface area (Å²) in [6.45, 7) is 0.608. The summed E-state index contributed by atoms with van der Waals surface area (Å²) in [6.07, 6.45) is 1.43. The zero-order chi connectivity index (χ0) is 13.7. The fourth-order valence-electron chi connectivity index (χ4n) is 1.66. The van der Waals surface area contributed by atoms with Gasteiger partial charge in [-0.15, -0.1) is 0 Å². The van der Waals surface area contributed by atoms with E-state index in [4.69, 9.17) is 14.9 Å². The van der Waals surface area contributed by atoms with E-state index in [9.17, 15) is 4.79 Å². The summed E-state index contributed by atoms with van der Waals surface area (Å²) in [4.78, 5) is 11.5. The van der Waals surface area contributed by atoms with Gasteiger partial charge in [-0.25, -0.2) is 4.79 Å². The number of hydrogen-bond donors (Lipinski definition) is 1. The van der Waals surface area contributed by atoms with Crippen molar-refractivity contribution in [3.63, 3.8) is 0 Å². The van der Waals surface area contributed by atoms with Crippen LogP contribution in [0.2, 0.25) is 0 Å². The molecule has 0 aliphatic carbocycles. The first kappa shape index (κ1) is 13.2. The van der Waals surface area contributed by atoms with Crippen molar-refractivity contribution in [3.05, 3.63) is 53.5 Å². The summed E-state index contributed by atoms with van der Waals surface area (Å²) in [6, 6.07) is 9.00. The molecular formula is C14H15NO4. The van der Waals surface area contributed by atoms with Gasteiger partial charge in [0.1, 0.15) is 17.9 Å². The molecule has 5 heteroatoms. The highest BCUT2D eigenvalue weighted by molar-refractivity contribution is 5.90. The number of ether oxygens (including phenoxy) is 2. The van der Waals surface area contributed by atoms with Crippen molar-refractivity contribution < 1.29 is 18.7 Å². The number of carbonyl (C=O) groups excluding carboxylic acids is 1. The normalized spacial score (nSPS) is 10.2. The third-order valence-electron chi connectivity index (χ3n) is 2.65. The molecule has 100 valence electrons. The second-order valence-corrected chi connectivity index (χ2v) is 3.89. The van der Waals surface area contributed by atoms with Crippen LogP contribution in [0.25, 0.3) is 0 Å². The van der Waals surface area contributed by atoms with E-state index < -0.39 is 5.97 Å². The molecule has 0 saturated carbocycles. The van der Waals surface area contributed by atoms with Gasteiger partial charge in [-0.1, -0.05) is 12.1 Å². The molecule has 5 nitrogen and oxygen atoms in total. The van der Waals surface area contributed by atoms with Gasteiger partial charge in [0.15, 0.2) is 5.76 Å². The van der Waals surface area contributed by atoms with E-state index in [0.29, 0.717) is 23.6 Å². The van der Waals surface area contributed by atoms with Crippen LogP contribution in [0.5, 0.6) is 5.75 Å². The van der Waals surface area contributed by atoms with Gasteiger partial charge in [0.2, 0.25) is 0 Å². The van der Waals surface area contributed by atoms with E-state index in [0.717, 1.165) is 5.56 Å². The van der Waals surface area contributed by atoms with Crippen LogP contribution in [-0.4, -0.2) is 13.1 Å². The van der Waals surface area contributed by atoms with Gasteiger partial charge in [-0.2, -0.15) is 0 Å². The first-order valence-electron chi connectivity index (χ1n) is 5.81. The molecule has 0 spiro atoms. The number of carbonyl (C=O) groups is 1. The molecule has 2 aromatic rings. The number of benzene rings is 1. The minimum atomic E-state index is -0.442. The van der Waals surface area contributed by atoms with Gasteiger partial charge in [-0.3, -0.25) is 0 Å². The Balaban J connectivity index is 2.06. The van der Waals surface area contributed by atoms with Crippen molar-refractivity contribution >= 4 is 5.97 Å². The second kappa shape index (κ2) is 6.06. The number of hydrogen-bond acceptors (Lipinski definition) is 5. The van der Waals surface area contributed by atoms with Crippen LogP contribution in [0.4, 0.5) is 0 Å². The summed E-state index contributed by atoms with van der Waals surface area (Å²) in [7, 11) is 1.32. The molecule has 1 aromatic carbocycles. The van der Waals surface area contributed by atoms with Gasteiger partial charge in [0.25, 0.3) is 0 Å². The zero-order valence-corrected chi connectivity index (χ0v) is 10.6. The van der Waals surface area contributed by atoms with Gasteiger partial charge in [0, 0.05) is 6.54 Å². The molecule has 0 aliphatic rings. The SMILES string of the molecule is COC(=O)c1ccoc1COc1cccc(CN)c1. The van der Waals surface area contributed by atoms with Crippen molar-refractivity contribution in [1.82, 2.24) is 0 Å². The lowest BCUT2D eigenvalue weighted by molar-refractivity contribution is 0.0595. The quantitative estimate of drug-likeness (QED) is 0.834. The van der Waals surface area contributed by atoms with E-state index >= 15 is 0 Å². The molecule has 0 atom stereocenters. The summed E-state index contributed by atoms with van der Waals surface area (Å²) in [5, 5.41) is 0. The molecule has 0 fully saturated rings. The van der Waals surface area contributed by atoms with Gasteiger partial charge < -0.3 is 19.6 Å². The Hall–Kier alpha value is -2.27. The first-order valence-corrected chi connectivity index (χ1v) is 5.81. The lowest BCUT2D eigenvalue weighted by Gasteiger charge is -2.06. The largest absolute Gasteiger partial charge is 0.486 e. The second-order valence-electron chi connectivity index (χ2n) is 3.89. The molecule has 2 rings (SSSR count). The Morgan fingerprint density at radius 2 is 2.21 bits per heavy atom. The lowest BCUT2D eigenvalue weighted by atomic mass is 10.2. The number of esters is 1. The van der Waals surface area contributed by atoms with E-state index in [1.807, 2.05) is 24.3 Å². The number of rotatable bonds is 5. The maximum Gasteiger partial charge on any atom is 0.341 e. The predicted molar refractivity (Wildman–Crippen MR) is 68.7 cm³/mol. The van der Waals surface area contributed by atoms with E-state index in [1.54, 1.807) is 6.07 Å². The standard InChI is InChI=1S/C14H15NO4/c1-17-14(16)12-5-6-18-13(12)9-19-11-4-2-3-10(7-11)8-15/h2-7H,8-9,15H2,1H3. The summed E-state index contributed by atoms with van der Waals surface area (Å²) in [5.74, 6) is 0.670. The molecule has 0 aliphatic heterocycles. The van der Waals surface area contributed by atoms with Crippen molar-refractivity contribution in [1.29, 1.82) is 0 Å². The van der Waals surface area contributed by atoms with E-state index in [1.165, 1.54) is 13.4 Å². The van der Waals surface area contributed by atoms with Crippen LogP contribution in [0.3, 0.4) is 0 Å². The predicted octanol–water partition coefficient (Wildman–Crippen LogP) is 2.10. The average molecular weight is 261 g/mol. The lowest BCUT2D eigenvalue weighted by Crippen LogP contribution is -2.05. The number of furan rings is 1. The highest BCUT2D eigenvalue weighted by atomic mass is 16.5. The van der Waals surface area contributed by atoms with Gasteiger partial charge in [0.05, 0.1) is 13.4 Å². The van der Waals surface area contributed by atoms with Gasteiger partial charge >= 0.3 is 5.97 Å². The molecular weight excluding hydrogens is 246 g/mol. The fraction of sp³-hybridized carbons (Fsp3) is 0.214. The summed E-state index contributed by atoms with van der Waals surface area (Å²) >= 11 is 0. The Labute approximate surface area is 110 Å². The maximum atomic E-state index is 11.5. The highest BCUT2D eigenvalue weighted by Gasteiger charge is 2.15. The smallest absolute Gasteiger partial charge is 0.341 e. The van der Waals surface area contributed by atoms with Crippen LogP contribution in [0.1, 0.15) is 21.7 Å². The third-order valence-corrected chi connectivity index (χ3v) is 2.65. The van der Waals surface area contributed by atoms with Gasteiger partial charge in [-0.05, 0) is 23.8 Å². The first-order chi connectivity index (χ1) is 9.24. The Kier molecular flexibility index (Phi) is 4.20. The monoisotopic (exact) mass is 261 g/mol. The molecule has 1 aromatic heterocycles. The molecule has 19 heavy (non-hydrogen) atoms. The third kappa shape index (κ3) is 3.14. The van der Waals surface area contributed by atoms with E-state index in [-0.39, 0.29) is 6.61 Å². The van der Waals surface area contributed by atoms with Crippen LogP contribution in [0.15, 0.2) is 41.0 Å². The molecule has 2 N–H and O–H groups in total.